The van der Waals surface area contributed by atoms with Gasteiger partial charge in [-0.05, 0) is 12.8 Å². The van der Waals surface area contributed by atoms with E-state index in [-0.39, 0.29) is 5.97 Å². The molecule has 0 radical (unpaired) electrons. The summed E-state index contributed by atoms with van der Waals surface area (Å²) in [7, 11) is 0. The highest BCUT2D eigenvalue weighted by atomic mass is 16.7. The fraction of sp³-hybridized carbons (Fsp3) is 0.571. The van der Waals surface area contributed by atoms with E-state index in [4.69, 9.17) is 4.84 Å². The summed E-state index contributed by atoms with van der Waals surface area (Å²) in [4.78, 5) is 15.4. The molecule has 0 spiro atoms. The summed E-state index contributed by atoms with van der Waals surface area (Å²) < 4.78 is 0. The molecule has 0 saturated carbocycles. The molecule has 1 saturated heterocycles. The number of hydrogen-bond acceptors (Lipinski definition) is 3. The molecule has 0 aliphatic carbocycles. The van der Waals surface area contributed by atoms with Gasteiger partial charge in [0, 0.05) is 19.2 Å². The Kier molecular flexibility index (Phi) is 2.45. The monoisotopic (exact) mass is 141 g/mol. The van der Waals surface area contributed by atoms with Crippen molar-refractivity contribution >= 4 is 5.97 Å². The van der Waals surface area contributed by atoms with Crippen molar-refractivity contribution < 1.29 is 9.63 Å². The first-order valence-corrected chi connectivity index (χ1v) is 3.42. The Labute approximate surface area is 60.2 Å². The molecule has 3 nitrogen and oxygen atoms in total. The SMILES string of the molecule is C=CC(=O)ON1CCCC1. The molecule has 1 heterocycles. The average Bonchev–Trinajstić information content (AvgIpc) is 2.40. The van der Waals surface area contributed by atoms with Gasteiger partial charge >= 0.3 is 5.97 Å². The Morgan fingerprint density at radius 2 is 2.10 bits per heavy atom. The number of carbonyl (C=O) groups excluding carboxylic acids is 1. The normalized spacial score (nSPS) is 18.8. The first-order chi connectivity index (χ1) is 4.83. The summed E-state index contributed by atoms with van der Waals surface area (Å²) in [6.07, 6.45) is 3.41. The Hall–Kier alpha value is -0.830. The lowest BCUT2D eigenvalue weighted by atomic mass is 10.4. The summed E-state index contributed by atoms with van der Waals surface area (Å²) in [5, 5.41) is 1.67. The van der Waals surface area contributed by atoms with Gasteiger partial charge in [0.15, 0.2) is 0 Å². The second-order valence-electron chi connectivity index (χ2n) is 2.25. The third kappa shape index (κ3) is 1.84. The lowest BCUT2D eigenvalue weighted by Crippen LogP contribution is -2.22. The fourth-order valence-corrected chi connectivity index (χ4v) is 0.944. The predicted octanol–water partition coefficient (Wildman–Crippen LogP) is 0.726. The van der Waals surface area contributed by atoms with Gasteiger partial charge in [0.2, 0.25) is 0 Å². The number of rotatable bonds is 2. The van der Waals surface area contributed by atoms with Crippen molar-refractivity contribution in [3.05, 3.63) is 12.7 Å². The van der Waals surface area contributed by atoms with Gasteiger partial charge in [-0.3, -0.25) is 0 Å². The van der Waals surface area contributed by atoms with E-state index in [0.29, 0.717) is 0 Å². The largest absolute Gasteiger partial charge is 0.364 e. The summed E-state index contributed by atoms with van der Waals surface area (Å²) in [6.45, 7) is 5.02. The zero-order valence-electron chi connectivity index (χ0n) is 5.88. The van der Waals surface area contributed by atoms with Crippen LogP contribution >= 0.6 is 0 Å². The molecule has 0 bridgehead atoms. The smallest absolute Gasteiger partial charge is 0.349 e. The molecule has 1 aliphatic rings. The Balaban J connectivity index is 2.23. The van der Waals surface area contributed by atoms with Crippen molar-refractivity contribution in [3.63, 3.8) is 0 Å². The van der Waals surface area contributed by atoms with E-state index < -0.39 is 0 Å². The number of hydroxylamine groups is 2. The minimum Gasteiger partial charge on any atom is -0.364 e. The summed E-state index contributed by atoms with van der Waals surface area (Å²) in [6, 6.07) is 0. The van der Waals surface area contributed by atoms with Crippen molar-refractivity contribution in [3.8, 4) is 0 Å². The molecule has 1 aliphatic heterocycles. The zero-order chi connectivity index (χ0) is 7.40. The second kappa shape index (κ2) is 3.37. The van der Waals surface area contributed by atoms with Crippen molar-refractivity contribution in [1.82, 2.24) is 5.06 Å². The molecular formula is C7H11NO2. The van der Waals surface area contributed by atoms with Gasteiger partial charge in [-0.25, -0.2) is 4.79 Å². The molecule has 0 aromatic carbocycles. The average molecular weight is 141 g/mol. The van der Waals surface area contributed by atoms with Crippen LogP contribution in [-0.2, 0) is 9.63 Å². The Morgan fingerprint density at radius 1 is 1.50 bits per heavy atom. The molecule has 0 atom stereocenters. The number of nitrogens with zero attached hydrogens (tertiary/aromatic N) is 1. The van der Waals surface area contributed by atoms with E-state index in [0.717, 1.165) is 25.9 Å². The van der Waals surface area contributed by atoms with Gasteiger partial charge in [0.1, 0.15) is 0 Å². The topological polar surface area (TPSA) is 29.5 Å². The third-order valence-electron chi connectivity index (χ3n) is 1.45. The van der Waals surface area contributed by atoms with Crippen LogP contribution in [0.4, 0.5) is 0 Å². The van der Waals surface area contributed by atoms with Crippen LogP contribution in [0.5, 0.6) is 0 Å². The van der Waals surface area contributed by atoms with Gasteiger partial charge < -0.3 is 4.84 Å². The molecule has 0 aromatic rings. The molecule has 1 fully saturated rings. The van der Waals surface area contributed by atoms with Crippen molar-refractivity contribution in [1.29, 1.82) is 0 Å². The minimum absolute atomic E-state index is 0.359. The van der Waals surface area contributed by atoms with Crippen LogP contribution in [0, 0.1) is 0 Å². The van der Waals surface area contributed by atoms with E-state index in [9.17, 15) is 4.79 Å². The van der Waals surface area contributed by atoms with Crippen LogP contribution in [0.15, 0.2) is 12.7 Å². The molecule has 0 N–H and O–H groups in total. The van der Waals surface area contributed by atoms with E-state index in [1.165, 1.54) is 6.08 Å². The van der Waals surface area contributed by atoms with E-state index in [1.54, 1.807) is 5.06 Å². The molecule has 1 rings (SSSR count). The van der Waals surface area contributed by atoms with E-state index in [2.05, 4.69) is 6.58 Å². The van der Waals surface area contributed by atoms with E-state index >= 15 is 0 Å². The van der Waals surface area contributed by atoms with Gasteiger partial charge in [-0.2, -0.15) is 0 Å². The highest BCUT2D eigenvalue weighted by molar-refractivity contribution is 5.80. The lowest BCUT2D eigenvalue weighted by Gasteiger charge is -2.11. The summed E-state index contributed by atoms with van der Waals surface area (Å²) in [5.74, 6) is -0.359. The van der Waals surface area contributed by atoms with Crippen LogP contribution in [0.1, 0.15) is 12.8 Å². The first kappa shape index (κ1) is 7.28. The quantitative estimate of drug-likeness (QED) is 0.531. The lowest BCUT2D eigenvalue weighted by molar-refractivity contribution is -0.178. The molecule has 3 heteroatoms. The third-order valence-corrected chi connectivity index (χ3v) is 1.45. The van der Waals surface area contributed by atoms with Crippen molar-refractivity contribution in [2.45, 2.75) is 12.8 Å². The van der Waals surface area contributed by atoms with Crippen LogP contribution in [0.2, 0.25) is 0 Å². The van der Waals surface area contributed by atoms with Crippen molar-refractivity contribution in [2.24, 2.45) is 0 Å². The fourth-order valence-electron chi connectivity index (χ4n) is 0.944. The van der Waals surface area contributed by atoms with E-state index in [1.807, 2.05) is 0 Å². The molecule has 0 unspecified atom stereocenters. The Morgan fingerprint density at radius 3 is 2.60 bits per heavy atom. The molecule has 0 amide bonds. The summed E-state index contributed by atoms with van der Waals surface area (Å²) >= 11 is 0. The standard InChI is InChI=1S/C7H11NO2/c1-2-7(9)10-8-5-3-4-6-8/h2H,1,3-6H2. The number of hydrogen-bond donors (Lipinski definition) is 0. The molecule has 56 valence electrons. The summed E-state index contributed by atoms with van der Waals surface area (Å²) in [5.41, 5.74) is 0. The van der Waals surface area contributed by atoms with Gasteiger partial charge in [-0.15, -0.1) is 5.06 Å². The maximum absolute atomic E-state index is 10.6. The maximum Gasteiger partial charge on any atom is 0.349 e. The molecule has 0 aromatic heterocycles. The van der Waals surface area contributed by atoms with Crippen LogP contribution in [0.3, 0.4) is 0 Å². The highest BCUT2D eigenvalue weighted by Gasteiger charge is 2.13. The second-order valence-corrected chi connectivity index (χ2v) is 2.25. The zero-order valence-corrected chi connectivity index (χ0v) is 5.88. The first-order valence-electron chi connectivity index (χ1n) is 3.42. The van der Waals surface area contributed by atoms with Gasteiger partial charge in [-0.1, -0.05) is 6.58 Å². The highest BCUT2D eigenvalue weighted by Crippen LogP contribution is 2.07. The molecule has 10 heavy (non-hydrogen) atoms. The predicted molar refractivity (Wildman–Crippen MR) is 37.1 cm³/mol. The van der Waals surface area contributed by atoms with Gasteiger partial charge in [0.25, 0.3) is 0 Å². The minimum atomic E-state index is -0.359. The maximum atomic E-state index is 10.6. The molecular weight excluding hydrogens is 130 g/mol. The van der Waals surface area contributed by atoms with Crippen molar-refractivity contribution in [2.75, 3.05) is 13.1 Å². The van der Waals surface area contributed by atoms with Crippen LogP contribution in [-0.4, -0.2) is 24.1 Å². The Bertz CT molecular complexity index is 139. The number of carbonyl (C=O) groups is 1. The van der Waals surface area contributed by atoms with Crippen LogP contribution in [0.25, 0.3) is 0 Å². The van der Waals surface area contributed by atoms with Crippen LogP contribution < -0.4 is 0 Å². The van der Waals surface area contributed by atoms with Gasteiger partial charge in [0.05, 0.1) is 0 Å².